The Morgan fingerprint density at radius 2 is 2.20 bits per heavy atom. The number of amidine groups is 1. The molecular formula is C7H12N2S. The highest BCUT2D eigenvalue weighted by Crippen LogP contribution is 1.92. The van der Waals surface area contributed by atoms with Gasteiger partial charge >= 0.3 is 0 Å². The number of hydrogen-bond acceptors (Lipinski definition) is 2. The summed E-state index contributed by atoms with van der Waals surface area (Å²) in [6, 6.07) is 0. The highest BCUT2D eigenvalue weighted by Gasteiger charge is 1.89. The van der Waals surface area contributed by atoms with Crippen molar-refractivity contribution in [3.63, 3.8) is 0 Å². The number of rotatable bonds is 2. The Morgan fingerprint density at radius 1 is 1.60 bits per heavy atom. The van der Waals surface area contributed by atoms with E-state index in [1.807, 2.05) is 13.0 Å². The van der Waals surface area contributed by atoms with Crippen LogP contribution in [0.1, 0.15) is 6.92 Å². The summed E-state index contributed by atoms with van der Waals surface area (Å²) >= 11 is 3.89. The normalized spacial score (nSPS) is 14.7. The smallest absolute Gasteiger partial charge is 0.120 e. The first-order chi connectivity index (χ1) is 4.72. The maximum atomic E-state index is 5.48. The lowest BCUT2D eigenvalue weighted by Crippen LogP contribution is -2.12. The van der Waals surface area contributed by atoms with Crippen LogP contribution in [0.2, 0.25) is 0 Å². The highest BCUT2D eigenvalue weighted by atomic mass is 32.1. The van der Waals surface area contributed by atoms with Crippen LogP contribution in [0.4, 0.5) is 0 Å². The van der Waals surface area contributed by atoms with Crippen LogP contribution in [0.15, 0.2) is 28.1 Å². The van der Waals surface area contributed by atoms with Crippen LogP contribution in [-0.4, -0.2) is 12.9 Å². The van der Waals surface area contributed by atoms with Gasteiger partial charge in [-0.05, 0) is 17.9 Å². The fraction of sp³-hybridized carbons (Fsp3) is 0.286. The molecular weight excluding hydrogens is 144 g/mol. The number of hydrogen-bond donors (Lipinski definition) is 2. The van der Waals surface area contributed by atoms with Crippen molar-refractivity contribution in [2.45, 2.75) is 6.92 Å². The molecule has 0 aromatic rings. The summed E-state index contributed by atoms with van der Waals surface area (Å²) in [6.45, 7) is 1.90. The third-order valence-corrected chi connectivity index (χ3v) is 1.25. The van der Waals surface area contributed by atoms with Crippen molar-refractivity contribution in [2.75, 3.05) is 7.05 Å². The van der Waals surface area contributed by atoms with Crippen molar-refractivity contribution in [2.24, 2.45) is 10.7 Å². The maximum Gasteiger partial charge on any atom is 0.120 e. The fourth-order valence-corrected chi connectivity index (χ4v) is 0.535. The van der Waals surface area contributed by atoms with Crippen LogP contribution in [0.5, 0.6) is 0 Å². The van der Waals surface area contributed by atoms with Gasteiger partial charge in [-0.25, -0.2) is 0 Å². The average Bonchev–Trinajstić information content (AvgIpc) is 1.98. The molecule has 56 valence electrons. The zero-order valence-electron chi connectivity index (χ0n) is 6.20. The summed E-state index contributed by atoms with van der Waals surface area (Å²) in [5.41, 5.74) is 6.43. The van der Waals surface area contributed by atoms with Gasteiger partial charge in [-0.3, -0.25) is 4.99 Å². The molecule has 2 nitrogen and oxygen atoms in total. The van der Waals surface area contributed by atoms with E-state index in [0.717, 1.165) is 5.57 Å². The molecule has 0 aromatic heterocycles. The molecule has 10 heavy (non-hydrogen) atoms. The number of allylic oxidation sites excluding steroid dienone is 2. The summed E-state index contributed by atoms with van der Waals surface area (Å²) < 4.78 is 0. The minimum absolute atomic E-state index is 0.562. The maximum absolute atomic E-state index is 5.48. The lowest BCUT2D eigenvalue weighted by molar-refractivity contribution is 1.37. The molecule has 2 N–H and O–H groups in total. The Bertz CT molecular complexity index is 180. The number of aliphatic imine (C=N–C) groups is 1. The fourth-order valence-electron chi connectivity index (χ4n) is 0.449. The molecule has 0 atom stereocenters. The van der Waals surface area contributed by atoms with Gasteiger partial charge in [-0.2, -0.15) is 12.6 Å². The topological polar surface area (TPSA) is 38.4 Å². The number of nitrogens with two attached hydrogens (primary N) is 1. The second-order valence-electron chi connectivity index (χ2n) is 1.80. The van der Waals surface area contributed by atoms with Gasteiger partial charge in [0.25, 0.3) is 0 Å². The van der Waals surface area contributed by atoms with Crippen LogP contribution < -0.4 is 5.73 Å². The summed E-state index contributed by atoms with van der Waals surface area (Å²) in [5, 5.41) is 1.65. The van der Waals surface area contributed by atoms with Gasteiger partial charge in [0.2, 0.25) is 0 Å². The van der Waals surface area contributed by atoms with Gasteiger partial charge in [-0.1, -0.05) is 12.2 Å². The molecule has 0 heterocycles. The van der Waals surface area contributed by atoms with Gasteiger partial charge in [0.05, 0.1) is 0 Å². The van der Waals surface area contributed by atoms with Crippen molar-refractivity contribution < 1.29 is 0 Å². The molecule has 0 radical (unpaired) electrons. The van der Waals surface area contributed by atoms with Crippen molar-refractivity contribution >= 4 is 18.5 Å². The number of thiol groups is 1. The Hall–Kier alpha value is -0.700. The Morgan fingerprint density at radius 3 is 2.60 bits per heavy atom. The second kappa shape index (κ2) is 5.11. The molecule has 0 aliphatic carbocycles. The predicted octanol–water partition coefficient (Wildman–Crippen LogP) is 1.36. The molecule has 0 amide bonds. The van der Waals surface area contributed by atoms with E-state index in [2.05, 4.69) is 17.6 Å². The zero-order valence-corrected chi connectivity index (χ0v) is 7.10. The largest absolute Gasteiger partial charge is 0.384 e. The van der Waals surface area contributed by atoms with Crippen LogP contribution in [-0.2, 0) is 0 Å². The van der Waals surface area contributed by atoms with E-state index >= 15 is 0 Å². The molecule has 0 saturated carbocycles. The first-order valence-electron chi connectivity index (χ1n) is 2.92. The van der Waals surface area contributed by atoms with E-state index in [0.29, 0.717) is 5.84 Å². The first-order valence-corrected chi connectivity index (χ1v) is 3.44. The van der Waals surface area contributed by atoms with Crippen LogP contribution in [0.3, 0.4) is 0 Å². The van der Waals surface area contributed by atoms with E-state index in [9.17, 15) is 0 Å². The average molecular weight is 156 g/mol. The summed E-state index contributed by atoms with van der Waals surface area (Å²) in [6.07, 6.45) is 3.66. The third kappa shape index (κ3) is 3.35. The summed E-state index contributed by atoms with van der Waals surface area (Å²) in [4.78, 5) is 3.81. The lowest BCUT2D eigenvalue weighted by Gasteiger charge is -1.94. The SMILES string of the molecule is CN=C(N)/C(C)=C/C=C\S. The molecule has 0 aromatic carbocycles. The molecule has 0 aliphatic rings. The summed E-state index contributed by atoms with van der Waals surface area (Å²) in [5.74, 6) is 0.562. The predicted molar refractivity (Wildman–Crippen MR) is 49.4 cm³/mol. The van der Waals surface area contributed by atoms with E-state index in [-0.39, 0.29) is 0 Å². The lowest BCUT2D eigenvalue weighted by atomic mass is 10.2. The van der Waals surface area contributed by atoms with Crippen LogP contribution in [0.25, 0.3) is 0 Å². The van der Waals surface area contributed by atoms with Gasteiger partial charge < -0.3 is 5.73 Å². The molecule has 0 unspecified atom stereocenters. The van der Waals surface area contributed by atoms with Gasteiger partial charge in [0, 0.05) is 7.05 Å². The highest BCUT2D eigenvalue weighted by molar-refractivity contribution is 7.83. The molecule has 0 saturated heterocycles. The third-order valence-electron chi connectivity index (χ3n) is 1.08. The molecule has 0 aliphatic heterocycles. The Labute approximate surface area is 66.9 Å². The van der Waals surface area contributed by atoms with Crippen LogP contribution >= 0.6 is 12.6 Å². The van der Waals surface area contributed by atoms with Gasteiger partial charge in [-0.15, -0.1) is 0 Å². The van der Waals surface area contributed by atoms with E-state index in [4.69, 9.17) is 5.73 Å². The first kappa shape index (κ1) is 9.30. The standard InChI is InChI=1S/C7H12N2S/c1-6(4-3-5-10)7(8)9-2/h3-5,10H,1-2H3,(H2,8,9)/b5-3-,6-4+. The van der Waals surface area contributed by atoms with Crippen molar-refractivity contribution in [1.29, 1.82) is 0 Å². The molecule has 0 fully saturated rings. The van der Waals surface area contributed by atoms with E-state index in [1.54, 1.807) is 18.5 Å². The van der Waals surface area contributed by atoms with Gasteiger partial charge in [0.1, 0.15) is 5.84 Å². The van der Waals surface area contributed by atoms with E-state index < -0.39 is 0 Å². The van der Waals surface area contributed by atoms with Crippen molar-refractivity contribution in [3.8, 4) is 0 Å². The molecule has 0 rings (SSSR count). The minimum atomic E-state index is 0.562. The second-order valence-corrected chi connectivity index (χ2v) is 2.10. The van der Waals surface area contributed by atoms with Crippen molar-refractivity contribution in [3.05, 3.63) is 23.1 Å². The molecule has 0 spiro atoms. The van der Waals surface area contributed by atoms with Crippen molar-refractivity contribution in [1.82, 2.24) is 0 Å². The molecule has 0 bridgehead atoms. The molecule has 3 heteroatoms. The summed E-state index contributed by atoms with van der Waals surface area (Å²) in [7, 11) is 1.66. The Kier molecular flexibility index (Phi) is 4.76. The minimum Gasteiger partial charge on any atom is -0.384 e. The number of nitrogens with zero attached hydrogens (tertiary/aromatic N) is 1. The van der Waals surface area contributed by atoms with Crippen LogP contribution in [0, 0.1) is 0 Å². The zero-order chi connectivity index (χ0) is 7.98. The van der Waals surface area contributed by atoms with Gasteiger partial charge in [0.15, 0.2) is 0 Å². The Balaban J connectivity index is 4.19. The monoisotopic (exact) mass is 156 g/mol. The quantitative estimate of drug-likeness (QED) is 0.269. The van der Waals surface area contributed by atoms with E-state index in [1.165, 1.54) is 0 Å².